The van der Waals surface area contributed by atoms with Crippen LogP contribution in [0, 0.1) is 11.3 Å². The van der Waals surface area contributed by atoms with Crippen molar-refractivity contribution in [2.24, 2.45) is 0 Å². The van der Waals surface area contributed by atoms with Crippen molar-refractivity contribution in [2.45, 2.75) is 32.3 Å². The minimum atomic E-state index is -2.99. The molecule has 3 aromatic rings. The molecule has 33 heavy (non-hydrogen) atoms. The molecule has 0 aliphatic carbocycles. The lowest BCUT2D eigenvalue weighted by molar-refractivity contribution is -0.116. The standard InChI is InChI=1S/C23H20F2N4O4/c24-23(25)33-19-8-7-15(12-20(19)32-22-6-3-11-31-22)18-9-10-29(28-18)14-21(30)27-17-5-2-1-4-16(17)13-26/h1-2,4-5,7-10,12,22-23H,3,6,11,14H2,(H,27,30). The van der Waals surface area contributed by atoms with E-state index in [2.05, 4.69) is 15.2 Å². The van der Waals surface area contributed by atoms with Crippen molar-refractivity contribution in [1.29, 1.82) is 5.26 Å². The Bertz CT molecular complexity index is 1170. The van der Waals surface area contributed by atoms with Crippen molar-refractivity contribution in [2.75, 3.05) is 11.9 Å². The van der Waals surface area contributed by atoms with Gasteiger partial charge < -0.3 is 19.5 Å². The van der Waals surface area contributed by atoms with Crippen LogP contribution in [0.3, 0.4) is 0 Å². The Morgan fingerprint density at radius 1 is 1.27 bits per heavy atom. The molecule has 4 rings (SSSR count). The van der Waals surface area contributed by atoms with Crippen molar-refractivity contribution >= 4 is 11.6 Å². The van der Waals surface area contributed by atoms with Crippen LogP contribution in [0.15, 0.2) is 54.7 Å². The summed E-state index contributed by atoms with van der Waals surface area (Å²) in [6.45, 7) is -2.53. The van der Waals surface area contributed by atoms with Gasteiger partial charge in [0.1, 0.15) is 12.6 Å². The van der Waals surface area contributed by atoms with Gasteiger partial charge >= 0.3 is 6.61 Å². The van der Waals surface area contributed by atoms with E-state index in [0.717, 1.165) is 6.42 Å². The molecule has 1 aliphatic heterocycles. The average Bonchev–Trinajstić information content (AvgIpc) is 3.47. The molecule has 2 heterocycles. The Morgan fingerprint density at radius 2 is 2.12 bits per heavy atom. The van der Waals surface area contributed by atoms with Gasteiger partial charge in [0, 0.05) is 18.2 Å². The summed E-state index contributed by atoms with van der Waals surface area (Å²) in [6.07, 6.45) is 2.56. The molecule has 1 N–H and O–H groups in total. The summed E-state index contributed by atoms with van der Waals surface area (Å²) in [4.78, 5) is 12.4. The van der Waals surface area contributed by atoms with Gasteiger partial charge in [0.25, 0.3) is 0 Å². The number of hydrogen-bond donors (Lipinski definition) is 1. The fraction of sp³-hybridized carbons (Fsp3) is 0.261. The van der Waals surface area contributed by atoms with Gasteiger partial charge in [-0.15, -0.1) is 0 Å². The number of para-hydroxylation sites is 1. The molecule has 10 heteroatoms. The van der Waals surface area contributed by atoms with Gasteiger partial charge in [-0.05, 0) is 42.8 Å². The molecule has 170 valence electrons. The van der Waals surface area contributed by atoms with Crippen LogP contribution >= 0.6 is 0 Å². The number of halogens is 2. The van der Waals surface area contributed by atoms with Gasteiger partial charge in [-0.2, -0.15) is 19.1 Å². The van der Waals surface area contributed by atoms with E-state index in [1.165, 1.54) is 10.7 Å². The smallest absolute Gasteiger partial charge is 0.387 e. The molecule has 1 amide bonds. The Hall–Kier alpha value is -3.97. The number of amides is 1. The maximum Gasteiger partial charge on any atom is 0.387 e. The van der Waals surface area contributed by atoms with E-state index >= 15 is 0 Å². The maximum absolute atomic E-state index is 12.8. The van der Waals surface area contributed by atoms with E-state index in [1.807, 2.05) is 6.07 Å². The highest BCUT2D eigenvalue weighted by atomic mass is 19.3. The molecule has 2 aromatic carbocycles. The highest BCUT2D eigenvalue weighted by molar-refractivity contribution is 5.91. The maximum atomic E-state index is 12.8. The molecule has 0 saturated carbocycles. The van der Waals surface area contributed by atoms with E-state index in [0.29, 0.717) is 35.5 Å². The highest BCUT2D eigenvalue weighted by Gasteiger charge is 2.21. The normalized spacial score (nSPS) is 15.3. The number of carbonyl (C=O) groups is 1. The van der Waals surface area contributed by atoms with Gasteiger partial charge in [-0.25, -0.2) is 0 Å². The quantitative estimate of drug-likeness (QED) is 0.548. The van der Waals surface area contributed by atoms with Crippen molar-refractivity contribution < 1.29 is 27.8 Å². The molecule has 1 aliphatic rings. The first-order chi connectivity index (χ1) is 16.0. The van der Waals surface area contributed by atoms with Crippen molar-refractivity contribution in [1.82, 2.24) is 9.78 Å². The first-order valence-corrected chi connectivity index (χ1v) is 10.2. The molecule has 0 radical (unpaired) electrons. The number of benzene rings is 2. The van der Waals surface area contributed by atoms with Crippen LogP contribution in [0.1, 0.15) is 18.4 Å². The van der Waals surface area contributed by atoms with Crippen molar-refractivity contribution in [3.63, 3.8) is 0 Å². The Morgan fingerprint density at radius 3 is 2.88 bits per heavy atom. The van der Waals surface area contributed by atoms with Gasteiger partial charge in [-0.1, -0.05) is 12.1 Å². The first-order valence-electron chi connectivity index (χ1n) is 10.2. The number of nitrogens with zero attached hydrogens (tertiary/aromatic N) is 3. The fourth-order valence-electron chi connectivity index (χ4n) is 3.37. The summed E-state index contributed by atoms with van der Waals surface area (Å²) in [7, 11) is 0. The van der Waals surface area contributed by atoms with Crippen LogP contribution in [-0.2, 0) is 16.1 Å². The topological polar surface area (TPSA) is 98.4 Å². The van der Waals surface area contributed by atoms with Gasteiger partial charge in [0.15, 0.2) is 17.8 Å². The predicted octanol–water partition coefficient (Wildman–Crippen LogP) is 4.18. The number of alkyl halides is 2. The zero-order chi connectivity index (χ0) is 23.2. The van der Waals surface area contributed by atoms with E-state index in [4.69, 9.17) is 14.7 Å². The molecular formula is C23H20F2N4O4. The fourth-order valence-corrected chi connectivity index (χ4v) is 3.37. The Kier molecular flexibility index (Phi) is 6.80. The second-order valence-electron chi connectivity index (χ2n) is 7.20. The predicted molar refractivity (Wildman–Crippen MR) is 114 cm³/mol. The molecule has 1 aromatic heterocycles. The number of nitrogens with one attached hydrogen (secondary N) is 1. The Balaban J connectivity index is 1.49. The number of carbonyl (C=O) groups excluding carboxylic acids is 1. The second kappa shape index (κ2) is 10.1. The summed E-state index contributed by atoms with van der Waals surface area (Å²) in [5.74, 6) is -0.324. The van der Waals surface area contributed by atoms with Crippen molar-refractivity contribution in [3.8, 4) is 28.8 Å². The summed E-state index contributed by atoms with van der Waals surface area (Å²) in [5.41, 5.74) is 1.89. The van der Waals surface area contributed by atoms with Crippen LogP contribution in [0.4, 0.5) is 14.5 Å². The molecule has 1 saturated heterocycles. The third-order valence-corrected chi connectivity index (χ3v) is 4.87. The average molecular weight is 454 g/mol. The monoisotopic (exact) mass is 454 g/mol. The molecule has 8 nitrogen and oxygen atoms in total. The summed E-state index contributed by atoms with van der Waals surface area (Å²) in [6, 6.07) is 14.9. The lowest BCUT2D eigenvalue weighted by Gasteiger charge is -2.17. The Labute approximate surface area is 188 Å². The SMILES string of the molecule is N#Cc1ccccc1NC(=O)Cn1ccc(-c2ccc(OC(F)F)c(OC3CCCO3)c2)n1. The summed E-state index contributed by atoms with van der Waals surface area (Å²) >= 11 is 0. The lowest BCUT2D eigenvalue weighted by atomic mass is 10.1. The van der Waals surface area contributed by atoms with Gasteiger partial charge in [0.05, 0.1) is 23.6 Å². The zero-order valence-electron chi connectivity index (χ0n) is 17.4. The highest BCUT2D eigenvalue weighted by Crippen LogP contribution is 2.35. The summed E-state index contributed by atoms with van der Waals surface area (Å²) in [5, 5.41) is 16.2. The second-order valence-corrected chi connectivity index (χ2v) is 7.20. The number of nitriles is 1. The number of rotatable bonds is 8. The minimum Gasteiger partial charge on any atom is -0.461 e. The molecule has 1 unspecified atom stereocenters. The molecule has 0 spiro atoms. The molecule has 1 atom stereocenters. The number of aromatic nitrogens is 2. The van der Waals surface area contributed by atoms with Crippen LogP contribution < -0.4 is 14.8 Å². The number of ether oxygens (including phenoxy) is 3. The molecule has 1 fully saturated rings. The number of anilines is 1. The van der Waals surface area contributed by atoms with Crippen molar-refractivity contribution in [3.05, 3.63) is 60.3 Å². The van der Waals surface area contributed by atoms with E-state index in [-0.39, 0.29) is 24.0 Å². The minimum absolute atomic E-state index is 0.0778. The molecule has 0 bridgehead atoms. The van der Waals surface area contributed by atoms with E-state index < -0.39 is 12.9 Å². The third-order valence-electron chi connectivity index (χ3n) is 4.87. The van der Waals surface area contributed by atoms with Crippen LogP contribution in [-0.4, -0.2) is 35.2 Å². The van der Waals surface area contributed by atoms with Crippen LogP contribution in [0.5, 0.6) is 11.5 Å². The van der Waals surface area contributed by atoms with Gasteiger partial charge in [0.2, 0.25) is 5.91 Å². The van der Waals surface area contributed by atoms with Crippen LogP contribution in [0.2, 0.25) is 0 Å². The first kappa shape index (κ1) is 22.2. The van der Waals surface area contributed by atoms with E-state index in [9.17, 15) is 13.6 Å². The van der Waals surface area contributed by atoms with Gasteiger partial charge in [-0.3, -0.25) is 9.48 Å². The van der Waals surface area contributed by atoms with E-state index in [1.54, 1.807) is 48.7 Å². The lowest BCUT2D eigenvalue weighted by Crippen LogP contribution is -2.19. The zero-order valence-corrected chi connectivity index (χ0v) is 17.4. The third kappa shape index (κ3) is 5.64. The molecular weight excluding hydrogens is 434 g/mol. The van der Waals surface area contributed by atoms with Crippen LogP contribution in [0.25, 0.3) is 11.3 Å². The number of hydrogen-bond acceptors (Lipinski definition) is 6. The summed E-state index contributed by atoms with van der Waals surface area (Å²) < 4.78 is 42.7. The largest absolute Gasteiger partial charge is 0.461 e.